The third-order valence-corrected chi connectivity index (χ3v) is 3.34. The lowest BCUT2D eigenvalue weighted by Crippen LogP contribution is -2.27. The molecule has 0 radical (unpaired) electrons. The molecule has 1 amide bonds. The molecule has 0 saturated carbocycles. The maximum atomic E-state index is 12.5. The number of amides is 1. The third kappa shape index (κ3) is 2.96. The van der Waals surface area contributed by atoms with E-state index in [9.17, 15) is 4.79 Å². The van der Waals surface area contributed by atoms with Gasteiger partial charge in [0.15, 0.2) is 0 Å². The Labute approximate surface area is 119 Å². The second-order valence-corrected chi connectivity index (χ2v) is 4.76. The van der Waals surface area contributed by atoms with Crippen molar-refractivity contribution in [1.29, 1.82) is 0 Å². The van der Waals surface area contributed by atoms with Crippen LogP contribution in [0.1, 0.15) is 21.5 Å². The third-order valence-electron chi connectivity index (χ3n) is 3.34. The van der Waals surface area contributed by atoms with Crippen LogP contribution in [0.25, 0.3) is 0 Å². The minimum absolute atomic E-state index is 0.0364. The van der Waals surface area contributed by atoms with Gasteiger partial charge in [0.1, 0.15) is 0 Å². The number of nitrogens with zero attached hydrogens (tertiary/aromatic N) is 2. The summed E-state index contributed by atoms with van der Waals surface area (Å²) < 4.78 is 0. The van der Waals surface area contributed by atoms with Gasteiger partial charge in [0, 0.05) is 38.7 Å². The number of anilines is 1. The lowest BCUT2D eigenvalue weighted by Gasteiger charge is -2.19. The Morgan fingerprint density at radius 2 is 2.05 bits per heavy atom. The van der Waals surface area contributed by atoms with Crippen molar-refractivity contribution in [3.8, 4) is 0 Å². The number of hydrogen-bond donors (Lipinski definition) is 1. The van der Waals surface area contributed by atoms with E-state index < -0.39 is 0 Å². The van der Waals surface area contributed by atoms with Crippen LogP contribution in [0.15, 0.2) is 42.7 Å². The summed E-state index contributed by atoms with van der Waals surface area (Å²) in [4.78, 5) is 18.2. The van der Waals surface area contributed by atoms with Crippen molar-refractivity contribution in [2.45, 2.75) is 13.5 Å². The van der Waals surface area contributed by atoms with Gasteiger partial charge in [-0.15, -0.1) is 0 Å². The molecule has 4 nitrogen and oxygen atoms in total. The van der Waals surface area contributed by atoms with Crippen LogP contribution in [0.5, 0.6) is 0 Å². The largest absolute Gasteiger partial charge is 0.387 e. The Morgan fingerprint density at radius 3 is 2.75 bits per heavy atom. The van der Waals surface area contributed by atoms with Crippen LogP contribution in [-0.4, -0.2) is 29.9 Å². The molecule has 20 heavy (non-hydrogen) atoms. The Kier molecular flexibility index (Phi) is 4.35. The number of pyridine rings is 1. The van der Waals surface area contributed by atoms with Gasteiger partial charge in [-0.2, -0.15) is 0 Å². The van der Waals surface area contributed by atoms with Crippen LogP contribution in [0, 0.1) is 6.92 Å². The molecule has 0 bridgehead atoms. The summed E-state index contributed by atoms with van der Waals surface area (Å²) in [5.74, 6) is -0.0364. The number of nitrogens with one attached hydrogen (secondary N) is 1. The molecule has 0 aliphatic heterocycles. The monoisotopic (exact) mass is 269 g/mol. The molecule has 1 N–H and O–H groups in total. The van der Waals surface area contributed by atoms with Gasteiger partial charge in [-0.1, -0.05) is 24.3 Å². The minimum Gasteiger partial charge on any atom is -0.387 e. The van der Waals surface area contributed by atoms with E-state index in [1.165, 1.54) is 5.56 Å². The zero-order valence-corrected chi connectivity index (χ0v) is 12.1. The van der Waals surface area contributed by atoms with Gasteiger partial charge in [0.25, 0.3) is 5.91 Å². The van der Waals surface area contributed by atoms with E-state index in [2.05, 4.69) is 23.3 Å². The lowest BCUT2D eigenvalue weighted by atomic mass is 10.1. The summed E-state index contributed by atoms with van der Waals surface area (Å²) in [6.07, 6.45) is 3.27. The fourth-order valence-electron chi connectivity index (χ4n) is 2.10. The first-order chi connectivity index (χ1) is 9.63. The predicted molar refractivity (Wildman–Crippen MR) is 80.8 cm³/mol. The number of carbonyl (C=O) groups is 1. The van der Waals surface area contributed by atoms with Gasteiger partial charge in [-0.3, -0.25) is 9.78 Å². The van der Waals surface area contributed by atoms with E-state index in [1.54, 1.807) is 37.5 Å². The van der Waals surface area contributed by atoms with E-state index in [1.807, 2.05) is 18.2 Å². The Balaban J connectivity index is 2.19. The van der Waals surface area contributed by atoms with Gasteiger partial charge < -0.3 is 10.2 Å². The number of carbonyl (C=O) groups excluding carboxylic acids is 1. The summed E-state index contributed by atoms with van der Waals surface area (Å²) in [5.41, 5.74) is 3.72. The van der Waals surface area contributed by atoms with Crippen LogP contribution in [0.3, 0.4) is 0 Å². The van der Waals surface area contributed by atoms with Crippen LogP contribution < -0.4 is 5.32 Å². The zero-order chi connectivity index (χ0) is 14.5. The molecule has 0 unspecified atom stereocenters. The summed E-state index contributed by atoms with van der Waals surface area (Å²) in [5, 5.41) is 3.02. The van der Waals surface area contributed by atoms with E-state index in [0.29, 0.717) is 12.1 Å². The van der Waals surface area contributed by atoms with E-state index in [0.717, 1.165) is 11.3 Å². The van der Waals surface area contributed by atoms with Crippen LogP contribution >= 0.6 is 0 Å². The fourth-order valence-corrected chi connectivity index (χ4v) is 2.10. The molecule has 2 aromatic rings. The van der Waals surface area contributed by atoms with Gasteiger partial charge in [-0.25, -0.2) is 0 Å². The second-order valence-electron chi connectivity index (χ2n) is 4.76. The van der Waals surface area contributed by atoms with Crippen molar-refractivity contribution in [2.24, 2.45) is 0 Å². The molecule has 2 rings (SSSR count). The van der Waals surface area contributed by atoms with Crippen molar-refractivity contribution >= 4 is 11.6 Å². The summed E-state index contributed by atoms with van der Waals surface area (Å²) in [6, 6.07) is 9.89. The molecule has 4 heteroatoms. The second kappa shape index (κ2) is 6.19. The highest BCUT2D eigenvalue weighted by Gasteiger charge is 2.16. The Bertz CT molecular complexity index is 610. The number of aromatic nitrogens is 1. The first-order valence-electron chi connectivity index (χ1n) is 6.55. The van der Waals surface area contributed by atoms with Crippen molar-refractivity contribution in [1.82, 2.24) is 9.88 Å². The van der Waals surface area contributed by atoms with E-state index >= 15 is 0 Å². The molecule has 104 valence electrons. The minimum atomic E-state index is -0.0364. The van der Waals surface area contributed by atoms with E-state index in [4.69, 9.17) is 0 Å². The molecule has 0 fully saturated rings. The SMILES string of the molecule is CNc1ccncc1C(=O)N(C)Cc1ccccc1C. The molecule has 0 aliphatic carbocycles. The first kappa shape index (κ1) is 14.1. The highest BCUT2D eigenvalue weighted by atomic mass is 16.2. The predicted octanol–water partition coefficient (Wildman–Crippen LogP) is 2.70. The number of rotatable bonds is 4. The number of hydrogen-bond acceptors (Lipinski definition) is 3. The maximum Gasteiger partial charge on any atom is 0.257 e. The molecule has 0 saturated heterocycles. The average Bonchev–Trinajstić information content (AvgIpc) is 2.48. The van der Waals surface area contributed by atoms with Gasteiger partial charge in [-0.05, 0) is 24.1 Å². The molecule has 0 aliphatic rings. The smallest absolute Gasteiger partial charge is 0.257 e. The van der Waals surface area contributed by atoms with Crippen LogP contribution in [0.2, 0.25) is 0 Å². The summed E-state index contributed by atoms with van der Waals surface area (Å²) in [6.45, 7) is 2.64. The van der Waals surface area contributed by atoms with E-state index in [-0.39, 0.29) is 5.91 Å². The average molecular weight is 269 g/mol. The van der Waals surface area contributed by atoms with Gasteiger partial charge >= 0.3 is 0 Å². The molecule has 1 heterocycles. The maximum absolute atomic E-state index is 12.5. The molecule has 1 aromatic heterocycles. The number of aryl methyl sites for hydroxylation is 1. The van der Waals surface area contributed by atoms with Crippen molar-refractivity contribution in [2.75, 3.05) is 19.4 Å². The number of benzene rings is 1. The van der Waals surface area contributed by atoms with Crippen molar-refractivity contribution in [3.05, 3.63) is 59.4 Å². The van der Waals surface area contributed by atoms with Crippen LogP contribution in [0.4, 0.5) is 5.69 Å². The van der Waals surface area contributed by atoms with Crippen molar-refractivity contribution in [3.63, 3.8) is 0 Å². The molecular weight excluding hydrogens is 250 g/mol. The highest BCUT2D eigenvalue weighted by molar-refractivity contribution is 5.99. The summed E-state index contributed by atoms with van der Waals surface area (Å²) in [7, 11) is 3.61. The molecule has 0 atom stereocenters. The molecular formula is C16H19N3O. The quantitative estimate of drug-likeness (QED) is 0.928. The normalized spacial score (nSPS) is 10.2. The highest BCUT2D eigenvalue weighted by Crippen LogP contribution is 2.17. The fraction of sp³-hybridized carbons (Fsp3) is 0.250. The van der Waals surface area contributed by atoms with Gasteiger partial charge in [0.05, 0.1) is 5.56 Å². The van der Waals surface area contributed by atoms with Crippen LogP contribution in [-0.2, 0) is 6.54 Å². The standard InChI is InChI=1S/C16H19N3O/c1-12-6-4-5-7-13(12)11-19(3)16(20)14-10-18-9-8-15(14)17-2/h4-10H,11H2,1-3H3,(H,17,18). The Hall–Kier alpha value is -2.36. The summed E-state index contributed by atoms with van der Waals surface area (Å²) >= 11 is 0. The Morgan fingerprint density at radius 1 is 1.30 bits per heavy atom. The lowest BCUT2D eigenvalue weighted by molar-refractivity contribution is 0.0785. The molecule has 0 spiro atoms. The van der Waals surface area contributed by atoms with Gasteiger partial charge in [0.2, 0.25) is 0 Å². The first-order valence-corrected chi connectivity index (χ1v) is 6.55. The zero-order valence-electron chi connectivity index (χ0n) is 12.1. The van der Waals surface area contributed by atoms with Crippen molar-refractivity contribution < 1.29 is 4.79 Å². The topological polar surface area (TPSA) is 45.2 Å². The molecule has 1 aromatic carbocycles.